The smallest absolute Gasteiger partial charge is 0.321 e. The van der Waals surface area contributed by atoms with Crippen LogP contribution in [0.25, 0.3) is 0 Å². The van der Waals surface area contributed by atoms with Gasteiger partial charge in [0.1, 0.15) is 0 Å². The van der Waals surface area contributed by atoms with E-state index >= 15 is 0 Å². The SMILES string of the molecule is CCNC(=O)NC(=O)C(C)N1CCCC(CCO)C1. The maximum atomic E-state index is 11.9. The number of aliphatic hydroxyl groups excluding tert-OH is 1. The van der Waals surface area contributed by atoms with Crippen molar-refractivity contribution in [1.82, 2.24) is 15.5 Å². The summed E-state index contributed by atoms with van der Waals surface area (Å²) in [5.74, 6) is 0.175. The molecule has 0 bridgehead atoms. The summed E-state index contributed by atoms with van der Waals surface area (Å²) in [7, 11) is 0. The standard InChI is InChI=1S/C13H25N3O3/c1-3-14-13(19)15-12(18)10(2)16-7-4-5-11(9-16)6-8-17/h10-11,17H,3-9H2,1-2H3,(H2,14,15,18,19). The van der Waals surface area contributed by atoms with Crippen molar-refractivity contribution in [1.29, 1.82) is 0 Å². The van der Waals surface area contributed by atoms with Crippen molar-refractivity contribution < 1.29 is 14.7 Å². The fourth-order valence-corrected chi connectivity index (χ4v) is 2.45. The van der Waals surface area contributed by atoms with E-state index in [0.29, 0.717) is 12.5 Å². The summed E-state index contributed by atoms with van der Waals surface area (Å²) in [4.78, 5) is 25.3. The van der Waals surface area contributed by atoms with Gasteiger partial charge in [0.05, 0.1) is 6.04 Å². The summed E-state index contributed by atoms with van der Waals surface area (Å²) < 4.78 is 0. The molecule has 1 fully saturated rings. The van der Waals surface area contributed by atoms with Crippen LogP contribution in [0.4, 0.5) is 4.79 Å². The first kappa shape index (κ1) is 15.9. The minimum Gasteiger partial charge on any atom is -0.396 e. The van der Waals surface area contributed by atoms with E-state index < -0.39 is 6.03 Å². The van der Waals surface area contributed by atoms with E-state index in [0.717, 1.165) is 32.4 Å². The Labute approximate surface area is 114 Å². The second kappa shape index (κ2) is 8.12. The Kier molecular flexibility index (Phi) is 6.80. The minimum atomic E-state index is -0.441. The lowest BCUT2D eigenvalue weighted by Crippen LogP contribution is -2.52. The van der Waals surface area contributed by atoms with Crippen molar-refractivity contribution >= 4 is 11.9 Å². The molecule has 6 nitrogen and oxygen atoms in total. The first-order chi connectivity index (χ1) is 9.08. The lowest BCUT2D eigenvalue weighted by molar-refractivity contribution is -0.125. The molecule has 3 N–H and O–H groups in total. The minimum absolute atomic E-state index is 0.192. The maximum absolute atomic E-state index is 11.9. The summed E-state index contributed by atoms with van der Waals surface area (Å²) in [6, 6.07) is -0.757. The molecule has 0 spiro atoms. The molecule has 0 saturated carbocycles. The highest BCUT2D eigenvalue weighted by atomic mass is 16.3. The van der Waals surface area contributed by atoms with Crippen LogP contribution in [0.2, 0.25) is 0 Å². The third-order valence-electron chi connectivity index (χ3n) is 3.59. The molecule has 3 amide bonds. The Morgan fingerprint density at radius 1 is 1.47 bits per heavy atom. The van der Waals surface area contributed by atoms with Crippen LogP contribution in [0.3, 0.4) is 0 Å². The van der Waals surface area contributed by atoms with Gasteiger partial charge in [0.2, 0.25) is 5.91 Å². The summed E-state index contributed by atoms with van der Waals surface area (Å²) in [6.07, 6.45) is 2.91. The number of piperidine rings is 1. The number of urea groups is 1. The quantitative estimate of drug-likeness (QED) is 0.672. The van der Waals surface area contributed by atoms with E-state index in [4.69, 9.17) is 5.11 Å². The number of imide groups is 1. The molecule has 1 rings (SSSR count). The largest absolute Gasteiger partial charge is 0.396 e. The third-order valence-corrected chi connectivity index (χ3v) is 3.59. The second-order valence-corrected chi connectivity index (χ2v) is 5.04. The second-order valence-electron chi connectivity index (χ2n) is 5.04. The lowest BCUT2D eigenvalue weighted by atomic mass is 9.94. The monoisotopic (exact) mass is 271 g/mol. The van der Waals surface area contributed by atoms with Crippen LogP contribution < -0.4 is 10.6 Å². The molecule has 6 heteroatoms. The highest BCUT2D eigenvalue weighted by molar-refractivity contribution is 5.96. The van der Waals surface area contributed by atoms with Crippen molar-refractivity contribution in [2.75, 3.05) is 26.2 Å². The van der Waals surface area contributed by atoms with E-state index in [1.54, 1.807) is 6.92 Å². The Hall–Kier alpha value is -1.14. The topological polar surface area (TPSA) is 81.7 Å². The van der Waals surface area contributed by atoms with E-state index in [1.807, 2.05) is 6.92 Å². The number of carbonyl (C=O) groups excluding carboxylic acids is 2. The molecule has 0 aromatic carbocycles. The number of nitrogens with one attached hydrogen (secondary N) is 2. The zero-order valence-corrected chi connectivity index (χ0v) is 11.8. The molecule has 2 unspecified atom stereocenters. The van der Waals surface area contributed by atoms with E-state index in [2.05, 4.69) is 15.5 Å². The van der Waals surface area contributed by atoms with Gasteiger partial charge in [-0.25, -0.2) is 4.79 Å². The first-order valence-electron chi connectivity index (χ1n) is 7.02. The summed E-state index contributed by atoms with van der Waals surface area (Å²) in [6.45, 7) is 5.98. The van der Waals surface area contributed by atoms with Gasteiger partial charge >= 0.3 is 6.03 Å². The summed E-state index contributed by atoms with van der Waals surface area (Å²) >= 11 is 0. The van der Waals surface area contributed by atoms with Gasteiger partial charge in [-0.05, 0) is 45.6 Å². The molecule has 1 aliphatic rings. The van der Waals surface area contributed by atoms with E-state index in [-0.39, 0.29) is 18.6 Å². The van der Waals surface area contributed by atoms with Crippen molar-refractivity contribution in [2.24, 2.45) is 5.92 Å². The van der Waals surface area contributed by atoms with Gasteiger partial charge in [0.15, 0.2) is 0 Å². The van der Waals surface area contributed by atoms with Gasteiger partial charge in [0.25, 0.3) is 0 Å². The average molecular weight is 271 g/mol. The Morgan fingerprint density at radius 2 is 2.21 bits per heavy atom. The number of hydrogen-bond acceptors (Lipinski definition) is 4. The molecule has 110 valence electrons. The Balaban J connectivity index is 2.44. The van der Waals surface area contributed by atoms with Crippen molar-refractivity contribution in [2.45, 2.75) is 39.2 Å². The maximum Gasteiger partial charge on any atom is 0.321 e. The number of nitrogens with zero attached hydrogens (tertiary/aromatic N) is 1. The fraction of sp³-hybridized carbons (Fsp3) is 0.846. The van der Waals surface area contributed by atoms with Gasteiger partial charge in [0, 0.05) is 19.7 Å². The van der Waals surface area contributed by atoms with Crippen LogP contribution in [-0.4, -0.2) is 54.2 Å². The molecule has 0 aromatic heterocycles. The molecular weight excluding hydrogens is 246 g/mol. The third kappa shape index (κ3) is 5.16. The molecule has 1 aliphatic heterocycles. The lowest BCUT2D eigenvalue weighted by Gasteiger charge is -2.35. The normalized spacial score (nSPS) is 21.7. The van der Waals surface area contributed by atoms with Crippen LogP contribution in [0.15, 0.2) is 0 Å². The fourth-order valence-electron chi connectivity index (χ4n) is 2.45. The molecule has 2 atom stereocenters. The molecule has 0 aliphatic carbocycles. The number of hydrogen-bond donors (Lipinski definition) is 3. The zero-order chi connectivity index (χ0) is 14.3. The number of likely N-dealkylation sites (tertiary alicyclic amines) is 1. The van der Waals surface area contributed by atoms with Gasteiger partial charge in [-0.2, -0.15) is 0 Å². The first-order valence-corrected chi connectivity index (χ1v) is 7.02. The van der Waals surface area contributed by atoms with Gasteiger partial charge < -0.3 is 10.4 Å². The summed E-state index contributed by atoms with van der Waals surface area (Å²) in [5, 5.41) is 13.9. The number of carbonyl (C=O) groups is 2. The van der Waals surface area contributed by atoms with Crippen molar-refractivity contribution in [3.63, 3.8) is 0 Å². The predicted octanol–water partition coefficient (Wildman–Crippen LogP) is 0.315. The van der Waals surface area contributed by atoms with Crippen LogP contribution in [-0.2, 0) is 4.79 Å². The summed E-state index contributed by atoms with van der Waals surface area (Å²) in [5.41, 5.74) is 0. The molecule has 19 heavy (non-hydrogen) atoms. The molecular formula is C13H25N3O3. The number of amides is 3. The predicted molar refractivity (Wildman–Crippen MR) is 72.7 cm³/mol. The van der Waals surface area contributed by atoms with E-state index in [9.17, 15) is 9.59 Å². The molecule has 0 radical (unpaired) electrons. The van der Waals surface area contributed by atoms with Gasteiger partial charge in [-0.1, -0.05) is 0 Å². The van der Waals surface area contributed by atoms with Crippen molar-refractivity contribution in [3.8, 4) is 0 Å². The van der Waals surface area contributed by atoms with Gasteiger partial charge in [-0.3, -0.25) is 15.0 Å². The number of aliphatic hydroxyl groups is 1. The zero-order valence-electron chi connectivity index (χ0n) is 11.8. The Morgan fingerprint density at radius 3 is 2.84 bits per heavy atom. The number of rotatable bonds is 5. The highest BCUT2D eigenvalue weighted by Gasteiger charge is 2.27. The molecule has 1 heterocycles. The van der Waals surface area contributed by atoms with Crippen LogP contribution >= 0.6 is 0 Å². The van der Waals surface area contributed by atoms with E-state index in [1.165, 1.54) is 0 Å². The average Bonchev–Trinajstić information content (AvgIpc) is 2.38. The molecule has 0 aromatic rings. The van der Waals surface area contributed by atoms with Crippen molar-refractivity contribution in [3.05, 3.63) is 0 Å². The Bertz CT molecular complexity index is 308. The van der Waals surface area contributed by atoms with Gasteiger partial charge in [-0.15, -0.1) is 0 Å². The van der Waals surface area contributed by atoms with Crippen LogP contribution in [0, 0.1) is 5.92 Å². The highest BCUT2D eigenvalue weighted by Crippen LogP contribution is 2.20. The molecule has 1 saturated heterocycles. The van der Waals surface area contributed by atoms with Crippen LogP contribution in [0.5, 0.6) is 0 Å². The van der Waals surface area contributed by atoms with Crippen LogP contribution in [0.1, 0.15) is 33.1 Å².